The highest BCUT2D eigenvalue weighted by atomic mass is 16.3. The highest BCUT2D eigenvalue weighted by molar-refractivity contribution is 4.84. The van der Waals surface area contributed by atoms with Gasteiger partial charge in [-0.1, -0.05) is 6.42 Å². The van der Waals surface area contributed by atoms with Gasteiger partial charge in [-0.25, -0.2) is 0 Å². The first kappa shape index (κ1) is 8.52. The first-order valence-corrected chi connectivity index (χ1v) is 5.25. The number of nitrogens with zero attached hydrogens (tertiary/aromatic N) is 1. The van der Waals surface area contributed by atoms with Crippen molar-refractivity contribution in [3.63, 3.8) is 0 Å². The van der Waals surface area contributed by atoms with Crippen molar-refractivity contribution in [1.29, 1.82) is 0 Å². The molecule has 2 heterocycles. The van der Waals surface area contributed by atoms with Gasteiger partial charge in [0.15, 0.2) is 0 Å². The number of piperidine rings is 2. The van der Waals surface area contributed by atoms with Crippen LogP contribution in [0.4, 0.5) is 0 Å². The van der Waals surface area contributed by atoms with Crippen LogP contribution in [0.3, 0.4) is 0 Å². The average Bonchev–Trinajstić information content (AvgIpc) is 2.17. The second-order valence-electron chi connectivity index (χ2n) is 4.26. The summed E-state index contributed by atoms with van der Waals surface area (Å²) in [5.41, 5.74) is 0. The molecule has 2 atom stereocenters. The maximum Gasteiger partial charge on any atom is 0.0460 e. The van der Waals surface area contributed by atoms with E-state index in [-0.39, 0.29) is 0 Å². The largest absolute Gasteiger partial charge is 0.396 e. The van der Waals surface area contributed by atoms with Gasteiger partial charge in [0.2, 0.25) is 0 Å². The third-order valence-corrected chi connectivity index (χ3v) is 3.44. The van der Waals surface area contributed by atoms with E-state index in [1.807, 2.05) is 0 Å². The first-order chi connectivity index (χ1) is 5.90. The molecule has 2 heteroatoms. The molecule has 1 N–H and O–H groups in total. The Hall–Kier alpha value is -0.0800. The normalized spacial score (nSPS) is 37.8. The number of hydrogen-bond acceptors (Lipinski definition) is 2. The topological polar surface area (TPSA) is 23.5 Å². The number of hydrogen-bond donors (Lipinski definition) is 1. The highest BCUT2D eigenvalue weighted by Gasteiger charge is 2.29. The van der Waals surface area contributed by atoms with Gasteiger partial charge in [-0.3, -0.25) is 0 Å². The smallest absolute Gasteiger partial charge is 0.0460 e. The second-order valence-corrected chi connectivity index (χ2v) is 4.26. The summed E-state index contributed by atoms with van der Waals surface area (Å²) in [6.07, 6.45) is 6.62. The fraction of sp³-hybridized carbons (Fsp3) is 1.00. The lowest BCUT2D eigenvalue weighted by atomic mass is 9.86. The van der Waals surface area contributed by atoms with E-state index in [0.29, 0.717) is 12.5 Å². The predicted octanol–water partition coefficient (Wildman–Crippen LogP) is 1.24. The zero-order valence-electron chi connectivity index (χ0n) is 7.71. The van der Waals surface area contributed by atoms with Crippen LogP contribution in [0.15, 0.2) is 0 Å². The number of aliphatic hydroxyl groups excluding tert-OH is 1. The Morgan fingerprint density at radius 2 is 2.08 bits per heavy atom. The summed E-state index contributed by atoms with van der Waals surface area (Å²) >= 11 is 0. The maximum absolute atomic E-state index is 9.06. The quantitative estimate of drug-likeness (QED) is 0.638. The van der Waals surface area contributed by atoms with Gasteiger partial charge >= 0.3 is 0 Å². The molecule has 2 aliphatic rings. The summed E-state index contributed by atoms with van der Waals surface area (Å²) in [6.45, 7) is 2.95. The molecule has 0 aliphatic carbocycles. The SMILES string of the molecule is OCC1CCN2CCCCC2C1. The van der Waals surface area contributed by atoms with Gasteiger partial charge in [0.1, 0.15) is 0 Å². The minimum absolute atomic E-state index is 0.407. The molecule has 0 radical (unpaired) electrons. The molecule has 2 unspecified atom stereocenters. The van der Waals surface area contributed by atoms with Crippen LogP contribution in [0.25, 0.3) is 0 Å². The van der Waals surface area contributed by atoms with E-state index >= 15 is 0 Å². The Morgan fingerprint density at radius 1 is 1.17 bits per heavy atom. The molecule has 0 aromatic carbocycles. The Morgan fingerprint density at radius 3 is 2.92 bits per heavy atom. The first-order valence-electron chi connectivity index (χ1n) is 5.25. The van der Waals surface area contributed by atoms with E-state index in [1.54, 1.807) is 0 Å². The molecule has 2 rings (SSSR count). The molecule has 2 nitrogen and oxygen atoms in total. The number of aliphatic hydroxyl groups is 1. The lowest BCUT2D eigenvalue weighted by Crippen LogP contribution is -2.45. The standard InChI is InChI=1S/C10H19NO/c12-8-9-4-6-11-5-2-1-3-10(11)7-9/h9-10,12H,1-8H2. The van der Waals surface area contributed by atoms with E-state index in [1.165, 1.54) is 45.2 Å². The Bertz CT molecular complexity index is 149. The summed E-state index contributed by atoms with van der Waals surface area (Å²) in [7, 11) is 0. The van der Waals surface area contributed by atoms with Crippen LogP contribution >= 0.6 is 0 Å². The monoisotopic (exact) mass is 169 g/mol. The van der Waals surface area contributed by atoms with Crippen LogP contribution in [0.5, 0.6) is 0 Å². The number of rotatable bonds is 1. The van der Waals surface area contributed by atoms with Crippen molar-refractivity contribution in [2.45, 2.75) is 38.1 Å². The third-order valence-electron chi connectivity index (χ3n) is 3.44. The Balaban J connectivity index is 1.90. The average molecular weight is 169 g/mol. The zero-order chi connectivity index (χ0) is 8.39. The minimum Gasteiger partial charge on any atom is -0.396 e. The van der Waals surface area contributed by atoms with E-state index < -0.39 is 0 Å². The third kappa shape index (κ3) is 1.64. The van der Waals surface area contributed by atoms with Crippen LogP contribution in [-0.4, -0.2) is 35.7 Å². The predicted molar refractivity (Wildman–Crippen MR) is 49.0 cm³/mol. The second kappa shape index (κ2) is 3.75. The van der Waals surface area contributed by atoms with Gasteiger partial charge in [0.25, 0.3) is 0 Å². The van der Waals surface area contributed by atoms with Gasteiger partial charge in [-0.05, 0) is 44.7 Å². The Kier molecular flexibility index (Phi) is 2.66. The lowest BCUT2D eigenvalue weighted by Gasteiger charge is -2.42. The van der Waals surface area contributed by atoms with Gasteiger partial charge < -0.3 is 10.0 Å². The van der Waals surface area contributed by atoms with Crippen LogP contribution in [0.2, 0.25) is 0 Å². The molecule has 0 bridgehead atoms. The summed E-state index contributed by atoms with van der Waals surface area (Å²) in [5.74, 6) is 0.601. The van der Waals surface area contributed by atoms with Gasteiger partial charge in [-0.2, -0.15) is 0 Å². The summed E-state index contributed by atoms with van der Waals surface area (Å²) in [5, 5.41) is 9.06. The van der Waals surface area contributed by atoms with Gasteiger partial charge in [-0.15, -0.1) is 0 Å². The molecule has 0 saturated carbocycles. The molecule has 70 valence electrons. The van der Waals surface area contributed by atoms with Crippen molar-refractivity contribution < 1.29 is 5.11 Å². The van der Waals surface area contributed by atoms with Crippen molar-refractivity contribution in [3.8, 4) is 0 Å². The van der Waals surface area contributed by atoms with Crippen LogP contribution in [-0.2, 0) is 0 Å². The van der Waals surface area contributed by atoms with Gasteiger partial charge in [0.05, 0.1) is 0 Å². The molecular formula is C10H19NO. The molecule has 0 amide bonds. The lowest BCUT2D eigenvalue weighted by molar-refractivity contribution is 0.0565. The van der Waals surface area contributed by atoms with Crippen molar-refractivity contribution in [3.05, 3.63) is 0 Å². The molecule has 2 fully saturated rings. The molecular weight excluding hydrogens is 150 g/mol. The van der Waals surface area contributed by atoms with E-state index in [9.17, 15) is 0 Å². The van der Waals surface area contributed by atoms with Crippen molar-refractivity contribution in [2.24, 2.45) is 5.92 Å². The van der Waals surface area contributed by atoms with Crippen LogP contribution in [0.1, 0.15) is 32.1 Å². The van der Waals surface area contributed by atoms with Crippen molar-refractivity contribution in [2.75, 3.05) is 19.7 Å². The molecule has 12 heavy (non-hydrogen) atoms. The fourth-order valence-corrected chi connectivity index (χ4v) is 2.64. The van der Waals surface area contributed by atoms with Crippen LogP contribution in [0, 0.1) is 5.92 Å². The summed E-state index contributed by atoms with van der Waals surface area (Å²) in [6, 6.07) is 0.810. The number of fused-ring (bicyclic) bond motifs is 1. The van der Waals surface area contributed by atoms with Crippen molar-refractivity contribution >= 4 is 0 Å². The van der Waals surface area contributed by atoms with Crippen molar-refractivity contribution in [1.82, 2.24) is 4.90 Å². The zero-order valence-corrected chi connectivity index (χ0v) is 7.71. The molecule has 2 aliphatic heterocycles. The van der Waals surface area contributed by atoms with E-state index in [2.05, 4.69) is 4.90 Å². The van der Waals surface area contributed by atoms with E-state index in [0.717, 1.165) is 6.04 Å². The fourth-order valence-electron chi connectivity index (χ4n) is 2.64. The van der Waals surface area contributed by atoms with E-state index in [4.69, 9.17) is 5.11 Å². The highest BCUT2D eigenvalue weighted by Crippen LogP contribution is 2.28. The van der Waals surface area contributed by atoms with Gasteiger partial charge in [0, 0.05) is 12.6 Å². The summed E-state index contributed by atoms with van der Waals surface area (Å²) < 4.78 is 0. The molecule has 2 saturated heterocycles. The van der Waals surface area contributed by atoms with Crippen LogP contribution < -0.4 is 0 Å². The summed E-state index contributed by atoms with van der Waals surface area (Å²) in [4.78, 5) is 2.62. The minimum atomic E-state index is 0.407. The maximum atomic E-state index is 9.06. The molecule has 0 aromatic rings. The molecule has 0 spiro atoms. The Labute approximate surface area is 74.6 Å². The molecule has 0 aromatic heterocycles.